The topological polar surface area (TPSA) is 127 Å². The van der Waals surface area contributed by atoms with Crippen molar-refractivity contribution >= 4 is 27.4 Å². The summed E-state index contributed by atoms with van der Waals surface area (Å²) in [5.74, 6) is -1.76. The van der Waals surface area contributed by atoms with E-state index in [-0.39, 0.29) is 34.0 Å². The van der Waals surface area contributed by atoms with Gasteiger partial charge in [0, 0.05) is 35.0 Å². The Balaban J connectivity index is 1.88. The molecule has 0 unspecified atom stereocenters. The van der Waals surface area contributed by atoms with E-state index < -0.39 is 45.5 Å². The molecule has 220 valence electrons. The van der Waals surface area contributed by atoms with Gasteiger partial charge < -0.3 is 10.4 Å². The average Bonchev–Trinajstić information content (AvgIpc) is 2.94. The van der Waals surface area contributed by atoms with E-state index in [2.05, 4.69) is 5.32 Å². The van der Waals surface area contributed by atoms with Crippen LogP contribution in [0.15, 0.2) is 93.5 Å². The molecule has 0 amide bonds. The zero-order valence-corrected chi connectivity index (χ0v) is 24.2. The van der Waals surface area contributed by atoms with Crippen molar-refractivity contribution in [2.75, 3.05) is 12.8 Å². The lowest BCUT2D eigenvalue weighted by Crippen LogP contribution is -2.43. The van der Waals surface area contributed by atoms with Crippen LogP contribution in [0, 0.1) is 5.82 Å². The van der Waals surface area contributed by atoms with Crippen molar-refractivity contribution in [2.24, 2.45) is 0 Å². The number of sulfone groups is 1. The molecule has 0 saturated heterocycles. The van der Waals surface area contributed by atoms with Crippen molar-refractivity contribution in [1.29, 1.82) is 0 Å². The lowest BCUT2D eigenvalue weighted by Gasteiger charge is -2.22. The summed E-state index contributed by atoms with van der Waals surface area (Å²) in [5, 5.41) is 12.5. The van der Waals surface area contributed by atoms with Gasteiger partial charge in [-0.25, -0.2) is 17.6 Å². The fourth-order valence-corrected chi connectivity index (χ4v) is 5.85. The fourth-order valence-electron chi connectivity index (χ4n) is 4.67. The first-order valence-electron chi connectivity index (χ1n) is 13.0. The van der Waals surface area contributed by atoms with Gasteiger partial charge in [-0.15, -0.1) is 0 Å². The number of carboxylic acid groups (broad SMARTS) is 1. The highest BCUT2D eigenvalue weighted by Gasteiger charge is 2.22. The minimum absolute atomic E-state index is 0.0609. The van der Waals surface area contributed by atoms with E-state index in [0.29, 0.717) is 18.5 Å². The van der Waals surface area contributed by atoms with Gasteiger partial charge in [0.2, 0.25) is 0 Å². The number of nitrogens with one attached hydrogen (secondary N) is 1. The minimum Gasteiger partial charge on any atom is -0.481 e. The number of hydrogen-bond donors (Lipinski definition) is 2. The molecule has 0 radical (unpaired) electrons. The SMILES string of the molecule is CS(=O)(=O)c1cccc(F)c1Cn1cc(-c2ccccc2Cl)c(=O)n(C[C@H](NCCCC(=O)O)c2ccccc2)c1=O. The fraction of sp³-hybridized carbons (Fsp3) is 0.233. The van der Waals surface area contributed by atoms with Gasteiger partial charge in [-0.1, -0.05) is 66.2 Å². The highest BCUT2D eigenvalue weighted by molar-refractivity contribution is 7.90. The number of rotatable bonds is 12. The van der Waals surface area contributed by atoms with Gasteiger partial charge in [-0.2, -0.15) is 0 Å². The minimum atomic E-state index is -3.85. The smallest absolute Gasteiger partial charge is 0.331 e. The van der Waals surface area contributed by atoms with Gasteiger partial charge in [-0.05, 0) is 36.7 Å². The van der Waals surface area contributed by atoms with Crippen LogP contribution in [0.1, 0.15) is 30.0 Å². The van der Waals surface area contributed by atoms with Crippen LogP contribution in [0.25, 0.3) is 11.1 Å². The quantitative estimate of drug-likeness (QED) is 0.230. The molecule has 3 aromatic carbocycles. The van der Waals surface area contributed by atoms with E-state index in [1.165, 1.54) is 18.3 Å². The molecule has 12 heteroatoms. The number of carbonyl (C=O) groups is 1. The van der Waals surface area contributed by atoms with Crippen molar-refractivity contribution < 1.29 is 22.7 Å². The summed E-state index contributed by atoms with van der Waals surface area (Å²) in [6.07, 6.45) is 2.47. The van der Waals surface area contributed by atoms with Crippen LogP contribution in [-0.4, -0.2) is 41.4 Å². The summed E-state index contributed by atoms with van der Waals surface area (Å²) in [6, 6.07) is 18.7. The molecule has 0 bridgehead atoms. The van der Waals surface area contributed by atoms with Crippen molar-refractivity contribution in [1.82, 2.24) is 14.5 Å². The molecule has 0 aliphatic rings. The number of carboxylic acids is 1. The molecule has 0 saturated carbocycles. The number of halogens is 2. The van der Waals surface area contributed by atoms with Gasteiger partial charge in [-0.3, -0.25) is 18.7 Å². The molecule has 0 spiro atoms. The maximum absolute atomic E-state index is 15.0. The molecule has 0 aliphatic heterocycles. The standard InChI is InChI=1S/C30H29ClFN3O6S/c1-42(40,41)27-14-7-13-25(32)23(27)18-34-17-22(21-11-5-6-12-24(21)31)29(38)35(30(34)39)19-26(20-9-3-2-4-10-20)33-16-8-15-28(36)37/h2-7,9-14,17,26,33H,8,15-16,18-19H2,1H3,(H,36,37)/t26-/m0/s1. The summed E-state index contributed by atoms with van der Waals surface area (Å²) in [7, 11) is -3.85. The highest BCUT2D eigenvalue weighted by Crippen LogP contribution is 2.26. The second kappa shape index (κ2) is 13.3. The Morgan fingerprint density at radius 1 is 1.00 bits per heavy atom. The molecule has 9 nitrogen and oxygen atoms in total. The molecule has 1 heterocycles. The highest BCUT2D eigenvalue weighted by atomic mass is 35.5. The van der Waals surface area contributed by atoms with E-state index in [1.54, 1.807) is 36.4 Å². The van der Waals surface area contributed by atoms with Crippen molar-refractivity contribution in [2.45, 2.75) is 36.9 Å². The van der Waals surface area contributed by atoms with Gasteiger partial charge in [0.15, 0.2) is 9.84 Å². The van der Waals surface area contributed by atoms with Crippen LogP contribution >= 0.6 is 11.6 Å². The average molecular weight is 614 g/mol. The van der Waals surface area contributed by atoms with E-state index in [1.807, 2.05) is 18.2 Å². The third kappa shape index (κ3) is 7.22. The van der Waals surface area contributed by atoms with Crippen LogP contribution in [0.4, 0.5) is 4.39 Å². The summed E-state index contributed by atoms with van der Waals surface area (Å²) in [6.45, 7) is -0.317. The van der Waals surface area contributed by atoms with Crippen LogP contribution in [0.3, 0.4) is 0 Å². The molecular formula is C30H29ClFN3O6S. The van der Waals surface area contributed by atoms with E-state index in [9.17, 15) is 22.8 Å². The van der Waals surface area contributed by atoms with Crippen molar-refractivity contribution in [3.63, 3.8) is 0 Å². The van der Waals surface area contributed by atoms with Gasteiger partial charge >= 0.3 is 11.7 Å². The maximum atomic E-state index is 15.0. The molecule has 4 rings (SSSR count). The molecule has 4 aromatic rings. The molecule has 0 fully saturated rings. The number of nitrogens with zero attached hydrogens (tertiary/aromatic N) is 2. The second-order valence-corrected chi connectivity index (χ2v) is 12.1. The van der Waals surface area contributed by atoms with Crippen molar-refractivity contribution in [3.05, 3.63) is 122 Å². The van der Waals surface area contributed by atoms with Gasteiger partial charge in [0.25, 0.3) is 5.56 Å². The van der Waals surface area contributed by atoms with E-state index >= 15 is 4.39 Å². The van der Waals surface area contributed by atoms with Crippen LogP contribution in [0.2, 0.25) is 5.02 Å². The summed E-state index contributed by atoms with van der Waals surface area (Å²) in [5.41, 5.74) is -0.489. The number of benzene rings is 3. The number of aliphatic carboxylic acids is 1. The third-order valence-corrected chi connectivity index (χ3v) is 8.24. The van der Waals surface area contributed by atoms with Crippen LogP contribution < -0.4 is 16.6 Å². The Morgan fingerprint density at radius 3 is 2.36 bits per heavy atom. The Bertz CT molecular complexity index is 1820. The first-order valence-corrected chi connectivity index (χ1v) is 15.3. The number of hydrogen-bond acceptors (Lipinski definition) is 6. The molecule has 1 atom stereocenters. The van der Waals surface area contributed by atoms with E-state index in [0.717, 1.165) is 27.0 Å². The predicted molar refractivity (Wildman–Crippen MR) is 158 cm³/mol. The van der Waals surface area contributed by atoms with Gasteiger partial charge in [0.05, 0.1) is 29.6 Å². The number of aromatic nitrogens is 2. The zero-order valence-electron chi connectivity index (χ0n) is 22.7. The largest absolute Gasteiger partial charge is 0.481 e. The summed E-state index contributed by atoms with van der Waals surface area (Å²) in [4.78, 5) is 38.4. The summed E-state index contributed by atoms with van der Waals surface area (Å²) >= 11 is 6.42. The van der Waals surface area contributed by atoms with Crippen LogP contribution in [0.5, 0.6) is 0 Å². The van der Waals surface area contributed by atoms with Gasteiger partial charge in [0.1, 0.15) is 5.82 Å². The van der Waals surface area contributed by atoms with E-state index in [4.69, 9.17) is 16.7 Å². The Hall–Kier alpha value is -4.06. The lowest BCUT2D eigenvalue weighted by atomic mass is 10.1. The third-order valence-electron chi connectivity index (χ3n) is 6.73. The van der Waals surface area contributed by atoms with Crippen molar-refractivity contribution in [3.8, 4) is 11.1 Å². The maximum Gasteiger partial charge on any atom is 0.331 e. The zero-order chi connectivity index (χ0) is 30.4. The monoisotopic (exact) mass is 613 g/mol. The first kappa shape index (κ1) is 30.9. The molecule has 2 N–H and O–H groups in total. The Morgan fingerprint density at radius 2 is 1.69 bits per heavy atom. The normalized spacial score (nSPS) is 12.3. The molecule has 42 heavy (non-hydrogen) atoms. The Labute approximate surface area is 246 Å². The van der Waals surface area contributed by atoms with Crippen LogP contribution in [-0.2, 0) is 27.7 Å². The lowest BCUT2D eigenvalue weighted by molar-refractivity contribution is -0.137. The summed E-state index contributed by atoms with van der Waals surface area (Å²) < 4.78 is 42.0. The molecule has 1 aromatic heterocycles. The molecule has 0 aliphatic carbocycles. The second-order valence-electron chi connectivity index (χ2n) is 9.75. The first-order chi connectivity index (χ1) is 20.0. The Kier molecular flexibility index (Phi) is 9.77. The predicted octanol–water partition coefficient (Wildman–Crippen LogP) is 4.12. The molecular weight excluding hydrogens is 585 g/mol.